The zero-order valence-corrected chi connectivity index (χ0v) is 62.5. The van der Waals surface area contributed by atoms with Crippen LogP contribution in [0.4, 0.5) is 0 Å². The van der Waals surface area contributed by atoms with E-state index in [1.807, 2.05) is 0 Å². The fourth-order valence-corrected chi connectivity index (χ4v) is 22.0. The zero-order chi connectivity index (χ0) is 74.9. The normalized spacial score (nSPS) is 14.4. The summed E-state index contributed by atoms with van der Waals surface area (Å²) in [6.07, 6.45) is 0. The fourth-order valence-electron chi connectivity index (χ4n) is 22.0. The summed E-state index contributed by atoms with van der Waals surface area (Å²) in [5, 5.41) is 4.82. The standard InChI is InChI=1S/C112H72N2/c1-5-29-75(30-6-1)109(97-45-21-13-37-85(97)86-38-14-22-46-98(86)109)79-57-65-105-93(69-79)94-70-80(110(76-31-7-2-8-32-76)99-47-23-15-39-87(99)88-40-16-24-48-100(88)110)58-66-106(94)113(105)83-61-53-73(54-62-83)74-55-63-84(64-56-74)114-107-67-59-81(111(77-33-9-3-10-34-77)101-49-25-17-41-89(101)90-42-18-26-50-102(90)111)71-95(107)96-72-82(60-68-108(96)114)112(78-35-11-4-12-36-78)103-51-27-19-43-91(103)92-44-20-28-52-104(92)112/h1-72H. The SMILES string of the molecule is c1ccc(C2(c3ccc4c(c3)c3cc(C5(c6ccccc6)c6ccccc6-c6ccccc65)ccc3n4-c3ccc(-c4ccc(-n5c6ccc(C7(c8ccccc8)c8ccccc8-c8ccccc87)cc6c6cc(C7(c8ccccc8)c8ccccc8-c8ccccc87)ccc65)cc4)cc3)c3ccccc3-c3ccccc32)cc1. The molecule has 0 spiro atoms. The quantitative estimate of drug-likeness (QED) is 0.122. The third kappa shape index (κ3) is 8.58. The molecule has 20 aromatic rings. The van der Waals surface area contributed by atoms with Gasteiger partial charge in [-0.1, -0.05) is 364 Å². The molecule has 530 valence electrons. The van der Waals surface area contributed by atoms with Crippen molar-refractivity contribution in [3.05, 3.63) is 526 Å². The molecule has 4 aliphatic carbocycles. The lowest BCUT2D eigenvalue weighted by Gasteiger charge is -2.34. The van der Waals surface area contributed by atoms with Crippen LogP contribution in [-0.4, -0.2) is 9.13 Å². The van der Waals surface area contributed by atoms with E-state index in [-0.39, 0.29) is 0 Å². The van der Waals surface area contributed by atoms with E-state index < -0.39 is 21.7 Å². The zero-order valence-electron chi connectivity index (χ0n) is 62.5. The second-order valence-corrected chi connectivity index (χ2v) is 31.5. The average Bonchev–Trinajstić information content (AvgIpc) is 1.57. The largest absolute Gasteiger partial charge is 0.309 e. The lowest BCUT2D eigenvalue weighted by molar-refractivity contribution is 0.769. The minimum atomic E-state index is -0.584. The molecule has 18 aromatic carbocycles. The molecule has 114 heavy (non-hydrogen) atoms. The first-order valence-corrected chi connectivity index (χ1v) is 39.9. The van der Waals surface area contributed by atoms with Gasteiger partial charge in [0.2, 0.25) is 0 Å². The lowest BCUT2D eigenvalue weighted by Crippen LogP contribution is -2.28. The van der Waals surface area contributed by atoms with Crippen LogP contribution in [-0.2, 0) is 21.7 Å². The number of rotatable bonds is 11. The van der Waals surface area contributed by atoms with Gasteiger partial charge in [0.05, 0.1) is 43.7 Å². The van der Waals surface area contributed by atoms with Gasteiger partial charge in [0, 0.05) is 32.9 Å². The Morgan fingerprint density at radius 3 is 0.509 bits per heavy atom. The van der Waals surface area contributed by atoms with Crippen molar-refractivity contribution in [1.82, 2.24) is 9.13 Å². The molecule has 4 aliphatic rings. The highest BCUT2D eigenvalue weighted by Crippen LogP contribution is 2.62. The van der Waals surface area contributed by atoms with Crippen LogP contribution in [0.2, 0.25) is 0 Å². The van der Waals surface area contributed by atoms with Crippen molar-refractivity contribution in [1.29, 1.82) is 0 Å². The number of benzene rings is 18. The number of aromatic nitrogens is 2. The smallest absolute Gasteiger partial charge is 0.0713 e. The van der Waals surface area contributed by atoms with Crippen molar-refractivity contribution in [3.8, 4) is 67.0 Å². The highest BCUT2D eigenvalue weighted by molar-refractivity contribution is 6.12. The summed E-state index contributed by atoms with van der Waals surface area (Å²) in [5.41, 5.74) is 37.3. The van der Waals surface area contributed by atoms with Crippen LogP contribution in [0.5, 0.6) is 0 Å². The van der Waals surface area contributed by atoms with Crippen LogP contribution in [0, 0.1) is 0 Å². The second-order valence-electron chi connectivity index (χ2n) is 31.5. The van der Waals surface area contributed by atoms with Gasteiger partial charge in [0.25, 0.3) is 0 Å². The van der Waals surface area contributed by atoms with E-state index in [1.54, 1.807) is 0 Å². The minimum absolute atomic E-state index is 0.584. The van der Waals surface area contributed by atoms with Crippen molar-refractivity contribution in [3.63, 3.8) is 0 Å². The molecular weight excluding hydrogens is 1370 g/mol. The minimum Gasteiger partial charge on any atom is -0.309 e. The molecule has 24 rings (SSSR count). The molecule has 2 aromatic heterocycles. The van der Waals surface area contributed by atoms with E-state index in [2.05, 4.69) is 446 Å². The lowest BCUT2D eigenvalue weighted by atomic mass is 9.67. The first kappa shape index (κ1) is 64.4. The summed E-state index contributed by atoms with van der Waals surface area (Å²) in [6, 6.07) is 166. The van der Waals surface area contributed by atoms with Crippen LogP contribution < -0.4 is 0 Å². The molecule has 0 bridgehead atoms. The summed E-state index contributed by atoms with van der Waals surface area (Å²) >= 11 is 0. The van der Waals surface area contributed by atoms with Gasteiger partial charge in [0.1, 0.15) is 0 Å². The molecule has 0 amide bonds. The highest BCUT2D eigenvalue weighted by Gasteiger charge is 2.51. The second kappa shape index (κ2) is 24.5. The van der Waals surface area contributed by atoms with E-state index >= 15 is 0 Å². The van der Waals surface area contributed by atoms with Crippen molar-refractivity contribution < 1.29 is 0 Å². The highest BCUT2D eigenvalue weighted by atomic mass is 15.0. The maximum atomic E-state index is 2.55. The Labute approximate surface area is 662 Å². The van der Waals surface area contributed by atoms with E-state index in [0.717, 1.165) is 44.6 Å². The van der Waals surface area contributed by atoms with Crippen LogP contribution in [0.25, 0.3) is 111 Å². The summed E-state index contributed by atoms with van der Waals surface area (Å²) in [6.45, 7) is 0. The molecule has 0 unspecified atom stereocenters. The van der Waals surface area contributed by atoms with Gasteiger partial charge in [-0.2, -0.15) is 0 Å². The van der Waals surface area contributed by atoms with Crippen LogP contribution in [0.15, 0.2) is 437 Å². The number of nitrogens with zero attached hydrogens (tertiary/aromatic N) is 2. The van der Waals surface area contributed by atoms with Crippen molar-refractivity contribution >= 4 is 43.6 Å². The molecule has 0 N–H and O–H groups in total. The molecule has 2 heteroatoms. The average molecular weight is 1450 g/mol. The van der Waals surface area contributed by atoms with Crippen LogP contribution in [0.3, 0.4) is 0 Å². The third-order valence-electron chi connectivity index (χ3n) is 26.5. The first-order valence-electron chi connectivity index (χ1n) is 39.9. The molecule has 2 heterocycles. The van der Waals surface area contributed by atoms with Crippen LogP contribution >= 0.6 is 0 Å². The van der Waals surface area contributed by atoms with Crippen LogP contribution in [0.1, 0.15) is 89.0 Å². The molecule has 0 aliphatic heterocycles. The molecule has 0 atom stereocenters. The van der Waals surface area contributed by atoms with Gasteiger partial charge in [-0.05, 0) is 217 Å². The van der Waals surface area contributed by atoms with Gasteiger partial charge in [0.15, 0.2) is 0 Å². The summed E-state index contributed by atoms with van der Waals surface area (Å²) < 4.78 is 5.03. The molecule has 0 fully saturated rings. The Morgan fingerprint density at radius 2 is 0.316 bits per heavy atom. The summed E-state index contributed by atoms with van der Waals surface area (Å²) in [5.74, 6) is 0. The monoisotopic (exact) mass is 1440 g/mol. The Kier molecular flexibility index (Phi) is 13.9. The van der Waals surface area contributed by atoms with E-state index in [0.29, 0.717) is 0 Å². The Balaban J connectivity index is 0.680. The van der Waals surface area contributed by atoms with E-state index in [9.17, 15) is 0 Å². The first-order chi connectivity index (χ1) is 56.5. The van der Waals surface area contributed by atoms with Gasteiger partial charge in [-0.3, -0.25) is 0 Å². The van der Waals surface area contributed by atoms with Gasteiger partial charge >= 0.3 is 0 Å². The van der Waals surface area contributed by atoms with E-state index in [1.165, 1.54) is 155 Å². The van der Waals surface area contributed by atoms with Gasteiger partial charge < -0.3 is 9.13 Å². The Bertz CT molecular complexity index is 6310. The maximum Gasteiger partial charge on any atom is 0.0713 e. The predicted octanol–water partition coefficient (Wildman–Crippen LogP) is 27.0. The molecule has 0 saturated carbocycles. The number of hydrogen-bond donors (Lipinski definition) is 0. The molecule has 2 nitrogen and oxygen atoms in total. The molecule has 0 saturated heterocycles. The number of hydrogen-bond acceptors (Lipinski definition) is 0. The maximum absolute atomic E-state index is 2.55. The van der Waals surface area contributed by atoms with Gasteiger partial charge in [-0.25, -0.2) is 0 Å². The predicted molar refractivity (Wildman–Crippen MR) is 470 cm³/mol. The third-order valence-corrected chi connectivity index (χ3v) is 26.5. The van der Waals surface area contributed by atoms with Crippen molar-refractivity contribution in [2.45, 2.75) is 21.7 Å². The molecular formula is C112H72N2. The fraction of sp³-hybridized carbons (Fsp3) is 0.0357. The van der Waals surface area contributed by atoms with Crippen molar-refractivity contribution in [2.24, 2.45) is 0 Å². The van der Waals surface area contributed by atoms with E-state index in [4.69, 9.17) is 0 Å². The van der Waals surface area contributed by atoms with Crippen molar-refractivity contribution in [2.75, 3.05) is 0 Å². The molecule has 0 radical (unpaired) electrons. The summed E-state index contributed by atoms with van der Waals surface area (Å²) in [7, 11) is 0. The summed E-state index contributed by atoms with van der Waals surface area (Å²) in [4.78, 5) is 0. The Hall–Kier alpha value is -14.4. The van der Waals surface area contributed by atoms with Gasteiger partial charge in [-0.15, -0.1) is 0 Å². The Morgan fingerprint density at radius 1 is 0.140 bits per heavy atom. The number of fused-ring (bicyclic) bond motifs is 18. The topological polar surface area (TPSA) is 9.86 Å².